The molecule has 0 aromatic heterocycles. The van der Waals surface area contributed by atoms with Crippen molar-refractivity contribution in [2.75, 3.05) is 7.11 Å². The van der Waals surface area contributed by atoms with Gasteiger partial charge in [-0.1, -0.05) is 19.4 Å². The zero-order chi connectivity index (χ0) is 15.5. The van der Waals surface area contributed by atoms with E-state index in [4.69, 9.17) is 9.47 Å². The second-order valence-corrected chi connectivity index (χ2v) is 6.48. The molecule has 2 aliphatic rings. The van der Waals surface area contributed by atoms with Crippen LogP contribution in [0.4, 0.5) is 0 Å². The second kappa shape index (κ2) is 6.59. The van der Waals surface area contributed by atoms with E-state index < -0.39 is 6.10 Å². The van der Waals surface area contributed by atoms with Crippen LogP contribution in [0.2, 0.25) is 0 Å². The van der Waals surface area contributed by atoms with Crippen LogP contribution in [0.1, 0.15) is 39.0 Å². The van der Waals surface area contributed by atoms with Gasteiger partial charge in [0.2, 0.25) is 0 Å². The van der Waals surface area contributed by atoms with Gasteiger partial charge in [-0.2, -0.15) is 0 Å². The molecular formula is C18H25NO3. The second-order valence-electron chi connectivity index (χ2n) is 6.48. The van der Waals surface area contributed by atoms with Crippen molar-refractivity contribution in [1.82, 2.24) is 5.32 Å². The van der Waals surface area contributed by atoms with Crippen molar-refractivity contribution in [2.45, 2.75) is 51.2 Å². The molecule has 0 radical (unpaired) electrons. The fourth-order valence-electron chi connectivity index (χ4n) is 3.86. The fraction of sp³-hybridized carbons (Fsp3) is 0.611. The van der Waals surface area contributed by atoms with Crippen molar-refractivity contribution in [2.24, 2.45) is 11.8 Å². The lowest BCUT2D eigenvalue weighted by Crippen LogP contribution is -2.45. The molecular weight excluding hydrogens is 278 g/mol. The Hall–Kier alpha value is -1.71. The molecule has 1 aromatic carbocycles. The number of carbonyl (C=O) groups is 1. The molecule has 120 valence electrons. The van der Waals surface area contributed by atoms with Gasteiger partial charge < -0.3 is 14.8 Å². The minimum absolute atomic E-state index is 0.0165. The Morgan fingerprint density at radius 1 is 1.32 bits per heavy atom. The maximum Gasteiger partial charge on any atom is 0.261 e. The number of fused-ring (bicyclic) bond motifs is 2. The third-order valence-corrected chi connectivity index (χ3v) is 5.05. The van der Waals surface area contributed by atoms with E-state index in [0.717, 1.165) is 18.1 Å². The first-order valence-electron chi connectivity index (χ1n) is 8.30. The Labute approximate surface area is 132 Å². The number of rotatable bonds is 6. The molecule has 0 spiro atoms. The number of benzene rings is 1. The standard InChI is InChI=1S/C18H25NO3/c1-3-17(22-15-6-4-5-14(11-15)21-2)18(20)19-16-10-12-7-8-13(16)9-12/h4-6,11-13,16-17H,3,7-10H2,1-2H3,(H,19,20)/t12-,13-,16-,17-/m1/s1. The molecule has 4 heteroatoms. The highest BCUT2D eigenvalue weighted by atomic mass is 16.5. The summed E-state index contributed by atoms with van der Waals surface area (Å²) in [6, 6.07) is 7.76. The van der Waals surface area contributed by atoms with Crippen LogP contribution in [0.5, 0.6) is 11.5 Å². The van der Waals surface area contributed by atoms with Crippen molar-refractivity contribution in [3.8, 4) is 11.5 Å². The fourth-order valence-corrected chi connectivity index (χ4v) is 3.86. The number of carbonyl (C=O) groups excluding carboxylic acids is 1. The molecule has 0 unspecified atom stereocenters. The summed E-state index contributed by atoms with van der Waals surface area (Å²) in [7, 11) is 1.62. The number of ether oxygens (including phenoxy) is 2. The molecule has 3 rings (SSSR count). The van der Waals surface area contributed by atoms with Crippen molar-refractivity contribution in [1.29, 1.82) is 0 Å². The molecule has 0 saturated heterocycles. The van der Waals surface area contributed by atoms with Crippen LogP contribution in [-0.2, 0) is 4.79 Å². The van der Waals surface area contributed by atoms with Gasteiger partial charge in [0.05, 0.1) is 7.11 Å². The van der Waals surface area contributed by atoms with Gasteiger partial charge in [0, 0.05) is 12.1 Å². The van der Waals surface area contributed by atoms with E-state index in [1.54, 1.807) is 7.11 Å². The summed E-state index contributed by atoms with van der Waals surface area (Å²) in [5, 5.41) is 3.21. The van der Waals surface area contributed by atoms with Gasteiger partial charge in [0.1, 0.15) is 11.5 Å². The molecule has 0 aliphatic heterocycles. The minimum atomic E-state index is -0.439. The first kappa shape index (κ1) is 15.2. The smallest absolute Gasteiger partial charge is 0.261 e. The number of hydrogen-bond acceptors (Lipinski definition) is 3. The van der Waals surface area contributed by atoms with E-state index in [9.17, 15) is 4.79 Å². The predicted octanol–water partition coefficient (Wildman–Crippen LogP) is 3.16. The van der Waals surface area contributed by atoms with Crippen LogP contribution in [0.15, 0.2) is 24.3 Å². The van der Waals surface area contributed by atoms with Crippen molar-refractivity contribution in [3.05, 3.63) is 24.3 Å². The Balaban J connectivity index is 1.59. The molecule has 2 aliphatic carbocycles. The van der Waals surface area contributed by atoms with E-state index in [2.05, 4.69) is 5.32 Å². The Morgan fingerprint density at radius 2 is 2.14 bits per heavy atom. The summed E-state index contributed by atoms with van der Waals surface area (Å²) in [6.45, 7) is 1.98. The number of hydrogen-bond donors (Lipinski definition) is 1. The Bertz CT molecular complexity index is 531. The largest absolute Gasteiger partial charge is 0.497 e. The molecule has 1 N–H and O–H groups in total. The topological polar surface area (TPSA) is 47.6 Å². The van der Waals surface area contributed by atoms with E-state index >= 15 is 0 Å². The third-order valence-electron chi connectivity index (χ3n) is 5.05. The maximum absolute atomic E-state index is 12.5. The van der Waals surface area contributed by atoms with Crippen LogP contribution in [0.25, 0.3) is 0 Å². The van der Waals surface area contributed by atoms with Gasteiger partial charge in [-0.3, -0.25) is 4.79 Å². The monoisotopic (exact) mass is 303 g/mol. The maximum atomic E-state index is 12.5. The van der Waals surface area contributed by atoms with E-state index in [1.165, 1.54) is 19.3 Å². The van der Waals surface area contributed by atoms with E-state index in [0.29, 0.717) is 24.1 Å². The van der Waals surface area contributed by atoms with Crippen molar-refractivity contribution in [3.63, 3.8) is 0 Å². The first-order valence-corrected chi connectivity index (χ1v) is 8.30. The summed E-state index contributed by atoms with van der Waals surface area (Å²) in [6.07, 6.45) is 5.26. The molecule has 2 fully saturated rings. The SMILES string of the molecule is CC[C@@H](Oc1cccc(OC)c1)C(=O)N[C@@H]1C[C@@H]2CC[C@@H]1C2. The highest BCUT2D eigenvalue weighted by molar-refractivity contribution is 5.81. The predicted molar refractivity (Wildman–Crippen MR) is 85.1 cm³/mol. The first-order chi connectivity index (χ1) is 10.7. The Morgan fingerprint density at radius 3 is 2.77 bits per heavy atom. The summed E-state index contributed by atoms with van der Waals surface area (Å²) in [5.74, 6) is 2.94. The summed E-state index contributed by atoms with van der Waals surface area (Å²) in [4.78, 5) is 12.5. The average molecular weight is 303 g/mol. The van der Waals surface area contributed by atoms with Crippen molar-refractivity contribution >= 4 is 5.91 Å². The highest BCUT2D eigenvalue weighted by Crippen LogP contribution is 2.44. The van der Waals surface area contributed by atoms with Crippen LogP contribution in [0.3, 0.4) is 0 Å². The third kappa shape index (κ3) is 3.21. The minimum Gasteiger partial charge on any atom is -0.497 e. The van der Waals surface area contributed by atoms with Crippen LogP contribution in [-0.4, -0.2) is 25.2 Å². The zero-order valence-corrected chi connectivity index (χ0v) is 13.4. The quantitative estimate of drug-likeness (QED) is 0.878. The van der Waals surface area contributed by atoms with Crippen LogP contribution in [0, 0.1) is 11.8 Å². The molecule has 4 atom stereocenters. The summed E-state index contributed by atoms with van der Waals surface area (Å²) in [5.41, 5.74) is 0. The van der Waals surface area contributed by atoms with E-state index in [1.807, 2.05) is 31.2 Å². The lowest BCUT2D eigenvalue weighted by Gasteiger charge is -2.25. The van der Waals surface area contributed by atoms with Gasteiger partial charge in [0.25, 0.3) is 5.91 Å². The van der Waals surface area contributed by atoms with Gasteiger partial charge >= 0.3 is 0 Å². The van der Waals surface area contributed by atoms with Crippen molar-refractivity contribution < 1.29 is 14.3 Å². The molecule has 1 amide bonds. The van der Waals surface area contributed by atoms with Gasteiger partial charge in [-0.05, 0) is 49.7 Å². The summed E-state index contributed by atoms with van der Waals surface area (Å²) < 4.78 is 11.1. The lowest BCUT2D eigenvalue weighted by molar-refractivity contribution is -0.129. The van der Waals surface area contributed by atoms with E-state index in [-0.39, 0.29) is 5.91 Å². The molecule has 2 saturated carbocycles. The average Bonchev–Trinajstić information content (AvgIpc) is 3.15. The molecule has 1 aromatic rings. The number of methoxy groups -OCH3 is 1. The normalized spacial score (nSPS) is 27.5. The summed E-state index contributed by atoms with van der Waals surface area (Å²) >= 11 is 0. The molecule has 4 nitrogen and oxygen atoms in total. The van der Waals surface area contributed by atoms with Gasteiger partial charge in [0.15, 0.2) is 6.10 Å². The number of amides is 1. The molecule has 2 bridgehead atoms. The number of nitrogens with one attached hydrogen (secondary N) is 1. The van der Waals surface area contributed by atoms with Crippen LogP contribution < -0.4 is 14.8 Å². The van der Waals surface area contributed by atoms with Crippen LogP contribution >= 0.6 is 0 Å². The molecule has 0 heterocycles. The highest BCUT2D eigenvalue weighted by Gasteiger charge is 2.40. The Kier molecular flexibility index (Phi) is 4.55. The zero-order valence-electron chi connectivity index (χ0n) is 13.4. The lowest BCUT2D eigenvalue weighted by atomic mass is 9.95. The van der Waals surface area contributed by atoms with Gasteiger partial charge in [-0.15, -0.1) is 0 Å². The molecule has 22 heavy (non-hydrogen) atoms. The van der Waals surface area contributed by atoms with Gasteiger partial charge in [-0.25, -0.2) is 0 Å².